The molecule has 0 aromatic heterocycles. The standard InChI is InChI=1S/C12H11F3O3/c1-18-11(17)4-2-3-8-5-6-10(16)9(7-8)12(13,14)15/h2-3,5-7,16H,4H2,1H3. The van der Waals surface area contributed by atoms with Crippen LogP contribution in [0.2, 0.25) is 0 Å². The van der Waals surface area contributed by atoms with Gasteiger partial charge in [0.1, 0.15) is 5.75 Å². The molecule has 0 atom stereocenters. The number of carbonyl (C=O) groups excluding carboxylic acids is 1. The van der Waals surface area contributed by atoms with Gasteiger partial charge >= 0.3 is 12.1 Å². The van der Waals surface area contributed by atoms with Gasteiger partial charge < -0.3 is 9.84 Å². The molecule has 1 N–H and O–H groups in total. The topological polar surface area (TPSA) is 46.5 Å². The summed E-state index contributed by atoms with van der Waals surface area (Å²) < 4.78 is 41.8. The predicted octanol–water partition coefficient (Wildman–Crippen LogP) is 2.99. The Morgan fingerprint density at radius 2 is 2.11 bits per heavy atom. The molecule has 0 fully saturated rings. The second kappa shape index (κ2) is 5.57. The Hall–Kier alpha value is -1.98. The summed E-state index contributed by atoms with van der Waals surface area (Å²) in [6.45, 7) is 0. The van der Waals surface area contributed by atoms with Crippen LogP contribution in [-0.4, -0.2) is 18.2 Å². The van der Waals surface area contributed by atoms with Gasteiger partial charge in [-0.1, -0.05) is 18.2 Å². The van der Waals surface area contributed by atoms with Gasteiger partial charge in [-0.25, -0.2) is 0 Å². The van der Waals surface area contributed by atoms with Crippen LogP contribution in [0.5, 0.6) is 5.75 Å². The van der Waals surface area contributed by atoms with Gasteiger partial charge in [0.2, 0.25) is 0 Å². The second-order valence-corrected chi connectivity index (χ2v) is 3.46. The summed E-state index contributed by atoms with van der Waals surface area (Å²) in [5.74, 6) is -1.31. The lowest BCUT2D eigenvalue weighted by Crippen LogP contribution is -2.05. The Morgan fingerprint density at radius 1 is 1.44 bits per heavy atom. The van der Waals surface area contributed by atoms with Crippen LogP contribution in [0.4, 0.5) is 13.2 Å². The van der Waals surface area contributed by atoms with Crippen molar-refractivity contribution in [2.45, 2.75) is 12.6 Å². The summed E-state index contributed by atoms with van der Waals surface area (Å²) >= 11 is 0. The van der Waals surface area contributed by atoms with Gasteiger partial charge in [-0.15, -0.1) is 0 Å². The highest BCUT2D eigenvalue weighted by Crippen LogP contribution is 2.36. The second-order valence-electron chi connectivity index (χ2n) is 3.46. The molecule has 0 saturated heterocycles. The molecule has 0 unspecified atom stereocenters. The van der Waals surface area contributed by atoms with Crippen LogP contribution in [0.3, 0.4) is 0 Å². The normalized spacial score (nSPS) is 11.8. The first kappa shape index (κ1) is 14.1. The van der Waals surface area contributed by atoms with Crippen molar-refractivity contribution in [3.8, 4) is 5.75 Å². The summed E-state index contributed by atoms with van der Waals surface area (Å²) in [5, 5.41) is 9.10. The molecular formula is C12H11F3O3. The van der Waals surface area contributed by atoms with E-state index in [4.69, 9.17) is 5.11 Å². The van der Waals surface area contributed by atoms with Gasteiger partial charge in [0, 0.05) is 0 Å². The molecule has 0 spiro atoms. The third-order valence-corrected chi connectivity index (χ3v) is 2.15. The molecule has 18 heavy (non-hydrogen) atoms. The van der Waals surface area contributed by atoms with Crippen molar-refractivity contribution >= 4 is 12.0 Å². The number of hydrogen-bond acceptors (Lipinski definition) is 3. The fourth-order valence-corrected chi connectivity index (χ4v) is 1.26. The lowest BCUT2D eigenvalue weighted by Gasteiger charge is -2.09. The molecule has 1 aromatic carbocycles. The third-order valence-electron chi connectivity index (χ3n) is 2.15. The molecule has 0 aliphatic heterocycles. The molecule has 0 heterocycles. The molecule has 0 aliphatic carbocycles. The largest absolute Gasteiger partial charge is 0.507 e. The van der Waals surface area contributed by atoms with Crippen LogP contribution in [-0.2, 0) is 15.7 Å². The number of rotatable bonds is 3. The molecule has 0 bridgehead atoms. The zero-order valence-corrected chi connectivity index (χ0v) is 9.49. The fourth-order valence-electron chi connectivity index (χ4n) is 1.26. The van der Waals surface area contributed by atoms with Gasteiger partial charge in [-0.05, 0) is 17.7 Å². The first-order valence-electron chi connectivity index (χ1n) is 4.98. The van der Waals surface area contributed by atoms with E-state index >= 15 is 0 Å². The number of hydrogen-bond donors (Lipinski definition) is 1. The Balaban J connectivity index is 2.89. The first-order valence-corrected chi connectivity index (χ1v) is 4.98. The van der Waals surface area contributed by atoms with Crippen LogP contribution in [0.1, 0.15) is 17.5 Å². The monoisotopic (exact) mass is 260 g/mol. The van der Waals surface area contributed by atoms with E-state index in [-0.39, 0.29) is 12.0 Å². The van der Waals surface area contributed by atoms with E-state index < -0.39 is 23.5 Å². The summed E-state index contributed by atoms with van der Waals surface area (Å²) in [5.41, 5.74) is -0.869. The van der Waals surface area contributed by atoms with E-state index in [9.17, 15) is 18.0 Å². The van der Waals surface area contributed by atoms with Gasteiger partial charge in [0.15, 0.2) is 0 Å². The Labute approximate surface area is 101 Å². The van der Waals surface area contributed by atoms with E-state index in [1.165, 1.54) is 25.3 Å². The number of methoxy groups -OCH3 is 1. The Kier molecular flexibility index (Phi) is 4.36. The van der Waals surface area contributed by atoms with Crippen molar-refractivity contribution in [2.75, 3.05) is 7.11 Å². The first-order chi connectivity index (χ1) is 8.34. The van der Waals surface area contributed by atoms with Crippen molar-refractivity contribution in [3.63, 3.8) is 0 Å². The smallest absolute Gasteiger partial charge is 0.419 e. The van der Waals surface area contributed by atoms with Gasteiger partial charge in [-0.3, -0.25) is 4.79 Å². The van der Waals surface area contributed by atoms with Crippen molar-refractivity contribution in [1.82, 2.24) is 0 Å². The molecular weight excluding hydrogens is 249 g/mol. The van der Waals surface area contributed by atoms with Crippen LogP contribution in [0.15, 0.2) is 24.3 Å². The number of halogens is 3. The maximum Gasteiger partial charge on any atom is 0.419 e. The average Bonchev–Trinajstić information content (AvgIpc) is 2.29. The molecule has 0 aliphatic rings. The van der Waals surface area contributed by atoms with E-state index in [1.807, 2.05) is 0 Å². The highest BCUT2D eigenvalue weighted by Gasteiger charge is 2.33. The number of aromatic hydroxyl groups is 1. The molecule has 0 saturated carbocycles. The van der Waals surface area contributed by atoms with E-state index in [0.29, 0.717) is 0 Å². The number of carbonyl (C=O) groups is 1. The van der Waals surface area contributed by atoms with Crippen molar-refractivity contribution < 1.29 is 27.8 Å². The van der Waals surface area contributed by atoms with Crippen LogP contribution < -0.4 is 0 Å². The number of benzene rings is 1. The number of phenolic OH excluding ortho intramolecular Hbond substituents is 1. The Bertz CT molecular complexity index is 464. The average molecular weight is 260 g/mol. The quantitative estimate of drug-likeness (QED) is 0.850. The summed E-state index contributed by atoms with van der Waals surface area (Å²) in [6.07, 6.45) is -1.90. The molecule has 0 radical (unpaired) electrons. The van der Waals surface area contributed by atoms with Crippen molar-refractivity contribution in [3.05, 3.63) is 35.4 Å². The summed E-state index contributed by atoms with van der Waals surface area (Å²) in [6, 6.07) is 3.09. The van der Waals surface area contributed by atoms with E-state index in [2.05, 4.69) is 4.74 Å². The zero-order valence-electron chi connectivity index (χ0n) is 9.49. The SMILES string of the molecule is COC(=O)CC=Cc1ccc(O)c(C(F)(F)F)c1. The minimum atomic E-state index is -4.61. The molecule has 0 amide bonds. The van der Waals surface area contributed by atoms with Gasteiger partial charge in [0.05, 0.1) is 19.1 Å². The fraction of sp³-hybridized carbons (Fsp3) is 0.250. The molecule has 98 valence electrons. The third kappa shape index (κ3) is 3.80. The minimum Gasteiger partial charge on any atom is -0.507 e. The Morgan fingerprint density at radius 3 is 2.67 bits per heavy atom. The molecule has 6 heteroatoms. The van der Waals surface area contributed by atoms with Crippen LogP contribution in [0, 0.1) is 0 Å². The predicted molar refractivity (Wildman–Crippen MR) is 58.8 cm³/mol. The van der Waals surface area contributed by atoms with Gasteiger partial charge in [0.25, 0.3) is 0 Å². The summed E-state index contributed by atoms with van der Waals surface area (Å²) in [7, 11) is 1.22. The molecule has 1 aromatic rings. The highest BCUT2D eigenvalue weighted by molar-refractivity contribution is 5.72. The highest BCUT2D eigenvalue weighted by atomic mass is 19.4. The molecule has 1 rings (SSSR count). The van der Waals surface area contributed by atoms with Crippen molar-refractivity contribution in [2.24, 2.45) is 0 Å². The molecule has 3 nitrogen and oxygen atoms in total. The lowest BCUT2D eigenvalue weighted by molar-refractivity contribution is -0.140. The van der Waals surface area contributed by atoms with E-state index in [0.717, 1.165) is 12.1 Å². The van der Waals surface area contributed by atoms with Gasteiger partial charge in [-0.2, -0.15) is 13.2 Å². The van der Waals surface area contributed by atoms with Crippen LogP contribution in [0.25, 0.3) is 6.08 Å². The maximum absolute atomic E-state index is 12.5. The lowest BCUT2D eigenvalue weighted by atomic mass is 10.1. The number of phenols is 1. The van der Waals surface area contributed by atoms with Crippen LogP contribution >= 0.6 is 0 Å². The minimum absolute atomic E-state index is 0.0290. The maximum atomic E-state index is 12.5. The zero-order chi connectivity index (χ0) is 13.8. The summed E-state index contributed by atoms with van der Waals surface area (Å²) in [4.78, 5) is 10.8. The van der Waals surface area contributed by atoms with Crippen molar-refractivity contribution in [1.29, 1.82) is 0 Å². The van der Waals surface area contributed by atoms with E-state index in [1.54, 1.807) is 0 Å². The number of alkyl halides is 3. The number of esters is 1. The number of ether oxygens (including phenoxy) is 1.